The van der Waals surface area contributed by atoms with Crippen molar-refractivity contribution in [2.24, 2.45) is 0 Å². The van der Waals surface area contributed by atoms with Gasteiger partial charge in [-0.05, 0) is 43.2 Å². The molecule has 3 rings (SSSR count). The molecule has 0 saturated heterocycles. The summed E-state index contributed by atoms with van der Waals surface area (Å²) in [5.74, 6) is 0.113. The molecule has 0 unspecified atom stereocenters. The lowest BCUT2D eigenvalue weighted by atomic mass is 10.1. The SMILES string of the molecule is CCn1c(NNC(=O)CCc2cccc(Cl)c2)nc2ccccc2c1=O. The smallest absolute Gasteiger partial charge is 0.262 e. The third kappa shape index (κ3) is 4.03. The van der Waals surface area contributed by atoms with Crippen LogP contribution in [-0.4, -0.2) is 15.5 Å². The quantitative estimate of drug-likeness (QED) is 0.653. The number of hydrogen-bond acceptors (Lipinski definition) is 4. The standard InChI is InChI=1S/C19H19ClN4O2/c1-2-24-18(26)15-8-3-4-9-16(15)21-19(24)23-22-17(25)11-10-13-6-5-7-14(20)12-13/h3-9,12H,2,10-11H2,1H3,(H,21,23)(H,22,25). The minimum Gasteiger partial charge on any atom is -0.277 e. The van der Waals surface area contributed by atoms with Crippen molar-refractivity contribution in [1.82, 2.24) is 15.0 Å². The van der Waals surface area contributed by atoms with Crippen molar-refractivity contribution >= 4 is 34.4 Å². The van der Waals surface area contributed by atoms with Gasteiger partial charge in [0.25, 0.3) is 5.56 Å². The first-order valence-corrected chi connectivity index (χ1v) is 8.75. The Morgan fingerprint density at radius 2 is 2.00 bits per heavy atom. The molecule has 2 N–H and O–H groups in total. The van der Waals surface area contributed by atoms with E-state index in [1.165, 1.54) is 4.57 Å². The molecule has 0 saturated carbocycles. The number of aryl methyl sites for hydroxylation is 1. The summed E-state index contributed by atoms with van der Waals surface area (Å²) in [5.41, 5.74) is 6.80. The maximum absolute atomic E-state index is 12.5. The monoisotopic (exact) mass is 370 g/mol. The Labute approximate surface area is 155 Å². The van der Waals surface area contributed by atoms with E-state index in [0.717, 1.165) is 5.56 Å². The number of aromatic nitrogens is 2. The second kappa shape index (κ2) is 8.01. The van der Waals surface area contributed by atoms with Crippen LogP contribution in [0.15, 0.2) is 53.3 Å². The number of anilines is 1. The molecule has 26 heavy (non-hydrogen) atoms. The van der Waals surface area contributed by atoms with Gasteiger partial charge in [0.1, 0.15) is 0 Å². The molecular formula is C19H19ClN4O2. The summed E-state index contributed by atoms with van der Waals surface area (Å²) in [6.45, 7) is 2.29. The van der Waals surface area contributed by atoms with Crippen molar-refractivity contribution in [3.63, 3.8) is 0 Å². The third-order valence-corrected chi connectivity index (χ3v) is 4.26. The fraction of sp³-hybridized carbons (Fsp3) is 0.211. The maximum Gasteiger partial charge on any atom is 0.262 e. The van der Waals surface area contributed by atoms with Crippen molar-refractivity contribution < 1.29 is 4.79 Å². The van der Waals surface area contributed by atoms with E-state index in [4.69, 9.17) is 11.6 Å². The average molecular weight is 371 g/mol. The van der Waals surface area contributed by atoms with Crippen LogP contribution in [0, 0.1) is 0 Å². The Morgan fingerprint density at radius 1 is 1.19 bits per heavy atom. The van der Waals surface area contributed by atoms with E-state index in [-0.39, 0.29) is 17.9 Å². The van der Waals surface area contributed by atoms with Crippen LogP contribution < -0.4 is 16.4 Å². The lowest BCUT2D eigenvalue weighted by molar-refractivity contribution is -0.120. The summed E-state index contributed by atoms with van der Waals surface area (Å²) in [6, 6.07) is 14.5. The van der Waals surface area contributed by atoms with Gasteiger partial charge in [0.15, 0.2) is 0 Å². The molecule has 0 aliphatic rings. The Hall–Kier alpha value is -2.86. The predicted octanol–water partition coefficient (Wildman–Crippen LogP) is 3.15. The first kappa shape index (κ1) is 17.9. The Kier molecular flexibility index (Phi) is 5.53. The Morgan fingerprint density at radius 3 is 2.77 bits per heavy atom. The van der Waals surface area contributed by atoms with Crippen molar-refractivity contribution in [3.8, 4) is 0 Å². The van der Waals surface area contributed by atoms with Crippen LogP contribution in [0.2, 0.25) is 5.02 Å². The number of rotatable bonds is 6. The molecular weight excluding hydrogens is 352 g/mol. The predicted molar refractivity (Wildman–Crippen MR) is 103 cm³/mol. The summed E-state index contributed by atoms with van der Waals surface area (Å²) < 4.78 is 1.49. The number of benzene rings is 2. The van der Waals surface area contributed by atoms with Crippen LogP contribution in [0.25, 0.3) is 10.9 Å². The first-order valence-electron chi connectivity index (χ1n) is 8.37. The minimum absolute atomic E-state index is 0.145. The molecule has 2 aromatic carbocycles. The maximum atomic E-state index is 12.5. The van der Waals surface area contributed by atoms with Gasteiger partial charge in [0, 0.05) is 18.0 Å². The van der Waals surface area contributed by atoms with Crippen molar-refractivity contribution in [2.45, 2.75) is 26.3 Å². The molecule has 7 heteroatoms. The van der Waals surface area contributed by atoms with E-state index in [1.54, 1.807) is 24.3 Å². The van der Waals surface area contributed by atoms with E-state index < -0.39 is 0 Å². The molecule has 1 aromatic heterocycles. The molecule has 3 aromatic rings. The summed E-state index contributed by atoms with van der Waals surface area (Å²) in [5, 5.41) is 1.19. The number of carbonyl (C=O) groups is 1. The van der Waals surface area contributed by atoms with Crippen LogP contribution in [0.3, 0.4) is 0 Å². The van der Waals surface area contributed by atoms with Gasteiger partial charge in [-0.25, -0.2) is 4.98 Å². The fourth-order valence-electron chi connectivity index (χ4n) is 2.70. The number of hydrazine groups is 1. The fourth-order valence-corrected chi connectivity index (χ4v) is 2.91. The molecule has 0 fully saturated rings. The van der Waals surface area contributed by atoms with E-state index in [1.807, 2.05) is 31.2 Å². The van der Waals surface area contributed by atoms with E-state index in [9.17, 15) is 9.59 Å². The van der Waals surface area contributed by atoms with Crippen molar-refractivity contribution in [1.29, 1.82) is 0 Å². The highest BCUT2D eigenvalue weighted by Crippen LogP contribution is 2.12. The molecule has 0 bridgehead atoms. The van der Waals surface area contributed by atoms with Crippen LogP contribution in [-0.2, 0) is 17.8 Å². The van der Waals surface area contributed by atoms with Gasteiger partial charge in [-0.1, -0.05) is 35.9 Å². The first-order chi connectivity index (χ1) is 12.6. The molecule has 0 radical (unpaired) electrons. The topological polar surface area (TPSA) is 76.0 Å². The molecule has 0 aliphatic heterocycles. The summed E-state index contributed by atoms with van der Waals surface area (Å²) in [7, 11) is 0. The minimum atomic E-state index is -0.199. The normalized spacial score (nSPS) is 10.7. The van der Waals surface area contributed by atoms with Gasteiger partial charge in [-0.15, -0.1) is 0 Å². The zero-order chi connectivity index (χ0) is 18.5. The number of hydrogen-bond donors (Lipinski definition) is 2. The van der Waals surface area contributed by atoms with E-state index >= 15 is 0 Å². The number of fused-ring (bicyclic) bond motifs is 1. The van der Waals surface area contributed by atoms with Gasteiger partial charge in [-0.3, -0.25) is 25.0 Å². The van der Waals surface area contributed by atoms with Crippen molar-refractivity contribution in [2.75, 3.05) is 5.43 Å². The number of amides is 1. The highest BCUT2D eigenvalue weighted by Gasteiger charge is 2.10. The highest BCUT2D eigenvalue weighted by molar-refractivity contribution is 6.30. The summed E-state index contributed by atoms with van der Waals surface area (Å²) in [6.07, 6.45) is 0.858. The van der Waals surface area contributed by atoms with Gasteiger partial charge < -0.3 is 0 Å². The van der Waals surface area contributed by atoms with Gasteiger partial charge in [0.05, 0.1) is 10.9 Å². The van der Waals surface area contributed by atoms with E-state index in [0.29, 0.717) is 34.8 Å². The zero-order valence-electron chi connectivity index (χ0n) is 14.3. The highest BCUT2D eigenvalue weighted by atomic mass is 35.5. The third-order valence-electron chi connectivity index (χ3n) is 4.02. The number of carbonyl (C=O) groups excluding carboxylic acids is 1. The molecule has 6 nitrogen and oxygen atoms in total. The van der Waals surface area contributed by atoms with Crippen LogP contribution in [0.5, 0.6) is 0 Å². The summed E-state index contributed by atoms with van der Waals surface area (Å²) in [4.78, 5) is 29.1. The molecule has 1 amide bonds. The van der Waals surface area contributed by atoms with Crippen LogP contribution >= 0.6 is 11.6 Å². The van der Waals surface area contributed by atoms with Crippen LogP contribution in [0.1, 0.15) is 18.9 Å². The number of nitrogens with zero attached hydrogens (tertiary/aromatic N) is 2. The largest absolute Gasteiger partial charge is 0.277 e. The lowest BCUT2D eigenvalue weighted by Gasteiger charge is -2.14. The molecule has 0 aliphatic carbocycles. The molecule has 1 heterocycles. The number of halogens is 1. The van der Waals surface area contributed by atoms with Gasteiger partial charge in [0.2, 0.25) is 11.9 Å². The summed E-state index contributed by atoms with van der Waals surface area (Å²) >= 11 is 5.94. The van der Waals surface area contributed by atoms with Crippen molar-refractivity contribution in [3.05, 3.63) is 69.5 Å². The lowest BCUT2D eigenvalue weighted by Crippen LogP contribution is -2.34. The number of para-hydroxylation sites is 1. The number of nitrogens with one attached hydrogen (secondary N) is 2. The zero-order valence-corrected chi connectivity index (χ0v) is 15.1. The second-order valence-corrected chi connectivity index (χ2v) is 6.24. The Bertz CT molecular complexity index is 1000. The van der Waals surface area contributed by atoms with E-state index in [2.05, 4.69) is 15.8 Å². The molecule has 134 valence electrons. The second-order valence-electron chi connectivity index (χ2n) is 5.81. The molecule has 0 atom stereocenters. The van der Waals surface area contributed by atoms with Gasteiger partial charge >= 0.3 is 0 Å². The molecule has 0 spiro atoms. The Balaban J connectivity index is 1.69. The average Bonchev–Trinajstić information content (AvgIpc) is 2.65. The van der Waals surface area contributed by atoms with Gasteiger partial charge in [-0.2, -0.15) is 0 Å². The van der Waals surface area contributed by atoms with Crippen LogP contribution in [0.4, 0.5) is 5.95 Å².